The summed E-state index contributed by atoms with van der Waals surface area (Å²) in [5, 5.41) is 0. The molecule has 0 heterocycles. The van der Waals surface area contributed by atoms with Crippen LogP contribution in [0, 0.1) is 0 Å². The highest BCUT2D eigenvalue weighted by molar-refractivity contribution is 5.81. The standard InChI is InChI=1S/C8H19N.C5H8O2/c1-6-9(7(2)3)8(4)5;1-3-5(6)7-4-2/h7-8H,6H2,1-5H3;3H,1,4H2,2H3. The lowest BCUT2D eigenvalue weighted by molar-refractivity contribution is -0.137. The van der Waals surface area contributed by atoms with Gasteiger partial charge in [-0.15, -0.1) is 0 Å². The predicted molar refractivity (Wildman–Crippen MR) is 69.5 cm³/mol. The molecule has 0 bridgehead atoms. The third kappa shape index (κ3) is 9.71. The van der Waals surface area contributed by atoms with Crippen LogP contribution in [0.3, 0.4) is 0 Å². The Labute approximate surface area is 100 Å². The molecule has 0 rings (SSSR count). The molecule has 0 saturated carbocycles. The van der Waals surface area contributed by atoms with Gasteiger partial charge in [0.1, 0.15) is 0 Å². The molecular weight excluding hydrogens is 202 g/mol. The van der Waals surface area contributed by atoms with Crippen molar-refractivity contribution >= 4 is 5.97 Å². The highest BCUT2D eigenvalue weighted by atomic mass is 16.5. The molecular formula is C13H27NO2. The van der Waals surface area contributed by atoms with E-state index in [1.807, 2.05) is 0 Å². The molecule has 96 valence electrons. The smallest absolute Gasteiger partial charge is 0.330 e. The predicted octanol–water partition coefficient (Wildman–Crippen LogP) is 2.86. The number of carbonyl (C=O) groups excluding carboxylic acids is 1. The fourth-order valence-corrected chi connectivity index (χ4v) is 1.53. The SMILES string of the molecule is C=CC(=O)OCC.CCN(C(C)C)C(C)C. The Morgan fingerprint density at radius 1 is 1.25 bits per heavy atom. The second-order valence-corrected chi connectivity index (χ2v) is 3.97. The molecule has 0 radical (unpaired) electrons. The van der Waals surface area contributed by atoms with Crippen molar-refractivity contribution in [3.05, 3.63) is 12.7 Å². The zero-order valence-corrected chi connectivity index (χ0v) is 11.6. The van der Waals surface area contributed by atoms with E-state index in [-0.39, 0.29) is 5.97 Å². The second-order valence-electron chi connectivity index (χ2n) is 3.97. The molecule has 0 N–H and O–H groups in total. The van der Waals surface area contributed by atoms with Crippen LogP contribution in [0.25, 0.3) is 0 Å². The van der Waals surface area contributed by atoms with Gasteiger partial charge in [-0.2, -0.15) is 0 Å². The maximum atomic E-state index is 10.1. The number of hydrogen-bond donors (Lipinski definition) is 0. The number of ether oxygens (including phenoxy) is 1. The van der Waals surface area contributed by atoms with Gasteiger partial charge in [0.05, 0.1) is 6.61 Å². The Balaban J connectivity index is 0. The van der Waals surface area contributed by atoms with Crippen molar-refractivity contribution in [2.75, 3.05) is 13.2 Å². The van der Waals surface area contributed by atoms with E-state index in [4.69, 9.17) is 0 Å². The Bertz CT molecular complexity index is 180. The van der Waals surface area contributed by atoms with Crippen molar-refractivity contribution in [3.63, 3.8) is 0 Å². The minimum absolute atomic E-state index is 0.359. The van der Waals surface area contributed by atoms with Crippen LogP contribution in [0.15, 0.2) is 12.7 Å². The van der Waals surface area contributed by atoms with Gasteiger partial charge in [-0.1, -0.05) is 13.5 Å². The number of hydrogen-bond acceptors (Lipinski definition) is 3. The highest BCUT2D eigenvalue weighted by Crippen LogP contribution is 2.02. The minimum Gasteiger partial charge on any atom is -0.463 e. The number of rotatable bonds is 5. The molecule has 0 aliphatic rings. The molecule has 0 amide bonds. The van der Waals surface area contributed by atoms with Crippen molar-refractivity contribution < 1.29 is 9.53 Å². The number of esters is 1. The summed E-state index contributed by atoms with van der Waals surface area (Å²) in [6, 6.07) is 1.38. The third-order valence-electron chi connectivity index (χ3n) is 2.14. The van der Waals surface area contributed by atoms with Crippen LogP contribution in [-0.2, 0) is 9.53 Å². The van der Waals surface area contributed by atoms with E-state index in [1.54, 1.807) is 6.92 Å². The zero-order valence-electron chi connectivity index (χ0n) is 11.6. The van der Waals surface area contributed by atoms with Crippen LogP contribution >= 0.6 is 0 Å². The molecule has 3 nitrogen and oxygen atoms in total. The molecule has 0 aromatic rings. The molecule has 0 aliphatic heterocycles. The van der Waals surface area contributed by atoms with Gasteiger partial charge in [-0.3, -0.25) is 4.90 Å². The summed E-state index contributed by atoms with van der Waals surface area (Å²) in [6.07, 6.45) is 1.14. The van der Waals surface area contributed by atoms with E-state index in [0.717, 1.165) is 12.6 Å². The van der Waals surface area contributed by atoms with Gasteiger partial charge in [0.2, 0.25) is 0 Å². The molecule has 0 spiro atoms. The summed E-state index contributed by atoms with van der Waals surface area (Å²) in [7, 11) is 0. The molecule has 3 heteroatoms. The van der Waals surface area contributed by atoms with Gasteiger partial charge in [0.25, 0.3) is 0 Å². The van der Waals surface area contributed by atoms with Crippen molar-refractivity contribution in [2.45, 2.75) is 53.6 Å². The molecule has 0 aliphatic carbocycles. The maximum Gasteiger partial charge on any atom is 0.330 e. The van der Waals surface area contributed by atoms with Gasteiger partial charge in [-0.25, -0.2) is 4.79 Å². The topological polar surface area (TPSA) is 29.5 Å². The van der Waals surface area contributed by atoms with Gasteiger partial charge in [-0.05, 0) is 41.2 Å². The van der Waals surface area contributed by atoms with Crippen molar-refractivity contribution in [2.24, 2.45) is 0 Å². The summed E-state index contributed by atoms with van der Waals surface area (Å²) >= 11 is 0. The molecule has 16 heavy (non-hydrogen) atoms. The lowest BCUT2D eigenvalue weighted by Crippen LogP contribution is -2.36. The summed E-state index contributed by atoms with van der Waals surface area (Å²) < 4.78 is 4.43. The largest absolute Gasteiger partial charge is 0.463 e. The van der Waals surface area contributed by atoms with Gasteiger partial charge >= 0.3 is 5.97 Å². The molecule has 0 fully saturated rings. The van der Waals surface area contributed by atoms with Crippen LogP contribution in [0.4, 0.5) is 0 Å². The fourth-order valence-electron chi connectivity index (χ4n) is 1.53. The summed E-state index contributed by atoms with van der Waals surface area (Å²) in [6.45, 7) is 17.7. The average Bonchev–Trinajstić information content (AvgIpc) is 2.18. The Kier molecular flexibility index (Phi) is 11.7. The van der Waals surface area contributed by atoms with Crippen molar-refractivity contribution in [3.8, 4) is 0 Å². The molecule has 0 unspecified atom stereocenters. The number of carbonyl (C=O) groups is 1. The highest BCUT2D eigenvalue weighted by Gasteiger charge is 2.08. The van der Waals surface area contributed by atoms with Crippen LogP contribution in [0.2, 0.25) is 0 Å². The monoisotopic (exact) mass is 229 g/mol. The lowest BCUT2D eigenvalue weighted by Gasteiger charge is -2.28. The average molecular weight is 229 g/mol. The van der Waals surface area contributed by atoms with E-state index < -0.39 is 0 Å². The van der Waals surface area contributed by atoms with Crippen LogP contribution in [0.5, 0.6) is 0 Å². The minimum atomic E-state index is -0.359. The summed E-state index contributed by atoms with van der Waals surface area (Å²) in [5.74, 6) is -0.359. The molecule has 0 aromatic carbocycles. The van der Waals surface area contributed by atoms with Gasteiger partial charge in [0.15, 0.2) is 0 Å². The molecule has 0 atom stereocenters. The zero-order chi connectivity index (χ0) is 13.1. The Morgan fingerprint density at radius 2 is 1.69 bits per heavy atom. The molecule has 0 aromatic heterocycles. The number of nitrogens with zero attached hydrogens (tertiary/aromatic N) is 1. The first-order valence-electron chi connectivity index (χ1n) is 5.95. The van der Waals surface area contributed by atoms with E-state index in [9.17, 15) is 4.79 Å². The third-order valence-corrected chi connectivity index (χ3v) is 2.14. The summed E-state index contributed by atoms with van der Waals surface area (Å²) in [5.41, 5.74) is 0. The van der Waals surface area contributed by atoms with Gasteiger partial charge < -0.3 is 4.74 Å². The lowest BCUT2D eigenvalue weighted by atomic mass is 10.2. The molecule has 0 saturated heterocycles. The van der Waals surface area contributed by atoms with Crippen LogP contribution < -0.4 is 0 Å². The fraction of sp³-hybridized carbons (Fsp3) is 0.769. The van der Waals surface area contributed by atoms with Crippen LogP contribution in [0.1, 0.15) is 41.5 Å². The second kappa shape index (κ2) is 10.7. The maximum absolute atomic E-state index is 10.1. The van der Waals surface area contributed by atoms with Gasteiger partial charge in [0, 0.05) is 18.2 Å². The van der Waals surface area contributed by atoms with Crippen molar-refractivity contribution in [1.82, 2.24) is 4.90 Å². The quantitative estimate of drug-likeness (QED) is 0.536. The normalized spacial score (nSPS) is 10.1. The summed E-state index contributed by atoms with van der Waals surface area (Å²) in [4.78, 5) is 12.5. The van der Waals surface area contributed by atoms with E-state index in [2.05, 4.69) is 50.8 Å². The van der Waals surface area contributed by atoms with Crippen LogP contribution in [-0.4, -0.2) is 36.1 Å². The van der Waals surface area contributed by atoms with Crippen molar-refractivity contribution in [1.29, 1.82) is 0 Å². The Hall–Kier alpha value is -0.830. The first kappa shape index (κ1) is 17.6. The Morgan fingerprint density at radius 3 is 1.75 bits per heavy atom. The first-order chi connectivity index (χ1) is 7.40. The van der Waals surface area contributed by atoms with E-state index in [1.165, 1.54) is 0 Å². The van der Waals surface area contributed by atoms with E-state index >= 15 is 0 Å². The first-order valence-corrected chi connectivity index (χ1v) is 5.95. The van der Waals surface area contributed by atoms with E-state index in [0.29, 0.717) is 18.7 Å².